The topological polar surface area (TPSA) is 77.1 Å². The van der Waals surface area contributed by atoms with Gasteiger partial charge in [-0.3, -0.25) is 4.79 Å². The third-order valence-corrected chi connectivity index (χ3v) is 6.29. The smallest absolute Gasteiger partial charge is 0.253 e. The molecule has 36 heavy (non-hydrogen) atoms. The number of aryl methyl sites for hydroxylation is 2. The molecule has 2 heterocycles. The lowest BCUT2D eigenvalue weighted by Gasteiger charge is -2.18. The predicted molar refractivity (Wildman–Crippen MR) is 139 cm³/mol. The molecule has 1 amide bonds. The molecule has 0 aliphatic heterocycles. The Balaban J connectivity index is 1.30. The van der Waals surface area contributed by atoms with Crippen LogP contribution in [0.2, 0.25) is 0 Å². The van der Waals surface area contributed by atoms with E-state index in [1.165, 1.54) is 5.56 Å². The maximum atomic E-state index is 13.2. The molecule has 0 atom stereocenters. The summed E-state index contributed by atoms with van der Waals surface area (Å²) in [5, 5.41) is 13.0. The van der Waals surface area contributed by atoms with Gasteiger partial charge in [0.15, 0.2) is 0 Å². The van der Waals surface area contributed by atoms with Crippen molar-refractivity contribution < 1.29 is 9.21 Å². The Labute approximate surface area is 210 Å². The number of hydrogen-bond donors (Lipinski definition) is 0. The molecule has 0 radical (unpaired) electrons. The standard InChI is InChI=1S/C29H27N5O2/c1-19-10-12-22(13-11-19)27-30-31-28(36-27)23-14-16-24(17-15-23)29(35)33(4)18-26-20(2)32-34(21(26)3)25-8-6-5-7-9-25/h5-17H,18H2,1-4H3. The van der Waals surface area contributed by atoms with Gasteiger partial charge in [-0.25, -0.2) is 4.68 Å². The number of hydrogen-bond acceptors (Lipinski definition) is 5. The summed E-state index contributed by atoms with van der Waals surface area (Å²) in [4.78, 5) is 14.9. The second-order valence-corrected chi connectivity index (χ2v) is 8.91. The molecular weight excluding hydrogens is 450 g/mol. The Bertz CT molecular complexity index is 1500. The molecule has 2 aromatic heterocycles. The average molecular weight is 478 g/mol. The summed E-state index contributed by atoms with van der Waals surface area (Å²) in [5.74, 6) is 0.808. The fourth-order valence-corrected chi connectivity index (χ4v) is 4.16. The SMILES string of the molecule is Cc1ccc(-c2nnc(-c3ccc(C(=O)N(C)Cc4c(C)nn(-c5ccccc5)c4C)cc3)o2)cc1. The van der Waals surface area contributed by atoms with Crippen molar-refractivity contribution in [2.75, 3.05) is 7.05 Å². The van der Waals surface area contributed by atoms with E-state index in [1.807, 2.05) is 92.2 Å². The number of rotatable bonds is 6. The molecule has 180 valence electrons. The molecule has 0 saturated heterocycles. The van der Waals surface area contributed by atoms with Crippen LogP contribution in [-0.2, 0) is 6.54 Å². The van der Waals surface area contributed by atoms with E-state index in [0.717, 1.165) is 33.8 Å². The Kier molecular flexibility index (Phi) is 6.21. The van der Waals surface area contributed by atoms with Gasteiger partial charge >= 0.3 is 0 Å². The van der Waals surface area contributed by atoms with Crippen molar-refractivity contribution in [3.05, 3.63) is 107 Å². The summed E-state index contributed by atoms with van der Waals surface area (Å²) in [6.45, 7) is 6.51. The Hall–Kier alpha value is -4.52. The van der Waals surface area contributed by atoms with Crippen LogP contribution in [0.15, 0.2) is 83.3 Å². The lowest BCUT2D eigenvalue weighted by Crippen LogP contribution is -2.26. The van der Waals surface area contributed by atoms with Gasteiger partial charge < -0.3 is 9.32 Å². The summed E-state index contributed by atoms with van der Waals surface area (Å²) in [6.07, 6.45) is 0. The van der Waals surface area contributed by atoms with Crippen molar-refractivity contribution in [1.29, 1.82) is 0 Å². The number of para-hydroxylation sites is 1. The average Bonchev–Trinajstić information content (AvgIpc) is 3.50. The Morgan fingerprint density at radius 3 is 2.03 bits per heavy atom. The lowest BCUT2D eigenvalue weighted by molar-refractivity contribution is 0.0784. The summed E-state index contributed by atoms with van der Waals surface area (Å²) >= 11 is 0. The molecule has 7 nitrogen and oxygen atoms in total. The minimum atomic E-state index is -0.0707. The highest BCUT2D eigenvalue weighted by Gasteiger charge is 2.19. The molecule has 7 heteroatoms. The molecule has 0 spiro atoms. The van der Waals surface area contributed by atoms with Crippen LogP contribution in [0.5, 0.6) is 0 Å². The van der Waals surface area contributed by atoms with Crippen LogP contribution in [0.25, 0.3) is 28.6 Å². The first-order chi connectivity index (χ1) is 17.4. The first kappa shape index (κ1) is 23.2. The van der Waals surface area contributed by atoms with Crippen LogP contribution in [0.4, 0.5) is 0 Å². The quantitative estimate of drug-likeness (QED) is 0.309. The van der Waals surface area contributed by atoms with Gasteiger partial charge in [-0.15, -0.1) is 10.2 Å². The Morgan fingerprint density at radius 2 is 1.42 bits per heavy atom. The van der Waals surface area contributed by atoms with Gasteiger partial charge in [-0.05, 0) is 69.3 Å². The molecule has 5 aromatic rings. The van der Waals surface area contributed by atoms with Crippen molar-refractivity contribution in [1.82, 2.24) is 24.9 Å². The normalized spacial score (nSPS) is 11.0. The molecule has 0 unspecified atom stereocenters. The number of carbonyl (C=O) groups excluding carboxylic acids is 1. The van der Waals surface area contributed by atoms with Crippen molar-refractivity contribution in [2.45, 2.75) is 27.3 Å². The second-order valence-electron chi connectivity index (χ2n) is 8.91. The van der Waals surface area contributed by atoms with Gasteiger partial charge in [0.25, 0.3) is 5.91 Å². The molecular formula is C29H27N5O2. The monoisotopic (exact) mass is 477 g/mol. The van der Waals surface area contributed by atoms with Crippen molar-refractivity contribution in [3.63, 3.8) is 0 Å². The molecule has 0 aliphatic carbocycles. The first-order valence-corrected chi connectivity index (χ1v) is 11.8. The first-order valence-electron chi connectivity index (χ1n) is 11.8. The van der Waals surface area contributed by atoms with E-state index in [9.17, 15) is 4.79 Å². The van der Waals surface area contributed by atoms with E-state index in [1.54, 1.807) is 24.1 Å². The van der Waals surface area contributed by atoms with Crippen LogP contribution < -0.4 is 0 Å². The maximum Gasteiger partial charge on any atom is 0.253 e. The molecule has 3 aromatic carbocycles. The van der Waals surface area contributed by atoms with Gasteiger partial charge in [0.2, 0.25) is 11.8 Å². The van der Waals surface area contributed by atoms with Crippen LogP contribution >= 0.6 is 0 Å². The number of aromatic nitrogens is 4. The Morgan fingerprint density at radius 1 is 0.833 bits per heavy atom. The summed E-state index contributed by atoms with van der Waals surface area (Å²) in [6, 6.07) is 25.2. The van der Waals surface area contributed by atoms with Crippen molar-refractivity contribution >= 4 is 5.91 Å². The predicted octanol–water partition coefficient (Wildman–Crippen LogP) is 5.79. The van der Waals surface area contributed by atoms with Crippen LogP contribution in [0.3, 0.4) is 0 Å². The van der Waals surface area contributed by atoms with Gasteiger partial charge in [-0.1, -0.05) is 35.9 Å². The highest BCUT2D eigenvalue weighted by molar-refractivity contribution is 5.94. The fraction of sp³-hybridized carbons (Fsp3) is 0.172. The number of amides is 1. The van der Waals surface area contributed by atoms with E-state index in [0.29, 0.717) is 23.9 Å². The molecule has 0 aliphatic rings. The van der Waals surface area contributed by atoms with Crippen molar-refractivity contribution in [2.24, 2.45) is 0 Å². The van der Waals surface area contributed by atoms with E-state index in [2.05, 4.69) is 10.2 Å². The van der Waals surface area contributed by atoms with E-state index < -0.39 is 0 Å². The van der Waals surface area contributed by atoms with Gasteiger partial charge in [0.1, 0.15) is 0 Å². The highest BCUT2D eigenvalue weighted by atomic mass is 16.4. The van der Waals surface area contributed by atoms with Gasteiger partial charge in [0.05, 0.1) is 11.4 Å². The third-order valence-electron chi connectivity index (χ3n) is 6.29. The van der Waals surface area contributed by atoms with E-state index in [4.69, 9.17) is 9.52 Å². The van der Waals surface area contributed by atoms with E-state index >= 15 is 0 Å². The highest BCUT2D eigenvalue weighted by Crippen LogP contribution is 2.25. The molecule has 0 saturated carbocycles. The largest absolute Gasteiger partial charge is 0.416 e. The lowest BCUT2D eigenvalue weighted by atomic mass is 10.1. The minimum absolute atomic E-state index is 0.0707. The minimum Gasteiger partial charge on any atom is -0.416 e. The molecule has 0 bridgehead atoms. The zero-order valence-electron chi connectivity index (χ0n) is 20.8. The summed E-state index contributed by atoms with van der Waals surface area (Å²) in [7, 11) is 1.81. The van der Waals surface area contributed by atoms with Crippen LogP contribution in [-0.4, -0.2) is 37.8 Å². The summed E-state index contributed by atoms with van der Waals surface area (Å²) in [5.41, 5.74) is 7.36. The molecule has 5 rings (SSSR count). The zero-order valence-corrected chi connectivity index (χ0v) is 20.8. The third kappa shape index (κ3) is 4.55. The second kappa shape index (κ2) is 9.62. The van der Waals surface area contributed by atoms with Crippen LogP contribution in [0.1, 0.15) is 32.9 Å². The number of carbonyl (C=O) groups is 1. The van der Waals surface area contributed by atoms with Crippen LogP contribution in [0, 0.1) is 20.8 Å². The number of nitrogens with zero attached hydrogens (tertiary/aromatic N) is 5. The zero-order chi connectivity index (χ0) is 25.2. The van der Waals surface area contributed by atoms with Crippen molar-refractivity contribution in [3.8, 4) is 28.6 Å². The molecule has 0 fully saturated rings. The number of benzene rings is 3. The maximum absolute atomic E-state index is 13.2. The van der Waals surface area contributed by atoms with Gasteiger partial charge in [-0.2, -0.15) is 5.10 Å². The van der Waals surface area contributed by atoms with Gasteiger partial charge in [0, 0.05) is 41.5 Å². The van der Waals surface area contributed by atoms with E-state index in [-0.39, 0.29) is 5.91 Å². The summed E-state index contributed by atoms with van der Waals surface area (Å²) < 4.78 is 7.78. The fourth-order valence-electron chi connectivity index (χ4n) is 4.16. The molecule has 0 N–H and O–H groups in total.